The molecular formula is C13H14N2O3S. The second-order valence-electron chi connectivity index (χ2n) is 4.12. The zero-order valence-electron chi connectivity index (χ0n) is 10.4. The molecular weight excluding hydrogens is 264 g/mol. The van der Waals surface area contributed by atoms with Crippen molar-refractivity contribution in [3.05, 3.63) is 48.3 Å². The van der Waals surface area contributed by atoms with E-state index in [1.807, 2.05) is 0 Å². The molecule has 2 N–H and O–H groups in total. The van der Waals surface area contributed by atoms with Gasteiger partial charge in [0.15, 0.2) is 9.84 Å². The van der Waals surface area contributed by atoms with Crippen molar-refractivity contribution in [2.75, 3.05) is 12.0 Å². The maximum Gasteiger partial charge on any atom is 0.175 e. The lowest BCUT2D eigenvalue weighted by Crippen LogP contribution is -2.01. The lowest BCUT2D eigenvalue weighted by atomic mass is 10.3. The normalized spacial score (nSPS) is 11.2. The number of nitrogens with two attached hydrogens (primary N) is 1. The van der Waals surface area contributed by atoms with Crippen LogP contribution in [0.2, 0.25) is 0 Å². The van der Waals surface area contributed by atoms with Gasteiger partial charge in [-0.25, -0.2) is 8.42 Å². The van der Waals surface area contributed by atoms with Gasteiger partial charge in [0.05, 0.1) is 10.6 Å². The molecule has 2 aromatic rings. The van der Waals surface area contributed by atoms with Crippen LogP contribution in [0.4, 0.5) is 5.69 Å². The van der Waals surface area contributed by atoms with Crippen molar-refractivity contribution < 1.29 is 13.2 Å². The fraction of sp³-hybridized carbons (Fsp3) is 0.154. The third-order valence-corrected chi connectivity index (χ3v) is 3.57. The largest absolute Gasteiger partial charge is 0.487 e. The minimum Gasteiger partial charge on any atom is -0.487 e. The average Bonchev–Trinajstić information content (AvgIpc) is 2.36. The van der Waals surface area contributed by atoms with E-state index in [9.17, 15) is 8.42 Å². The highest BCUT2D eigenvalue weighted by Crippen LogP contribution is 2.18. The molecule has 5 nitrogen and oxygen atoms in total. The summed E-state index contributed by atoms with van der Waals surface area (Å²) in [5.74, 6) is 0.479. The van der Waals surface area contributed by atoms with Crippen LogP contribution in [-0.2, 0) is 16.4 Å². The lowest BCUT2D eigenvalue weighted by molar-refractivity contribution is 0.300. The number of benzene rings is 1. The molecule has 1 aromatic carbocycles. The van der Waals surface area contributed by atoms with E-state index in [1.165, 1.54) is 12.1 Å². The van der Waals surface area contributed by atoms with Crippen molar-refractivity contribution in [2.24, 2.45) is 0 Å². The van der Waals surface area contributed by atoms with E-state index >= 15 is 0 Å². The predicted molar refractivity (Wildman–Crippen MR) is 72.5 cm³/mol. The molecule has 6 heteroatoms. The number of anilines is 1. The zero-order chi connectivity index (χ0) is 13.9. The summed E-state index contributed by atoms with van der Waals surface area (Å²) in [5.41, 5.74) is 6.93. The fourth-order valence-corrected chi connectivity index (χ4v) is 2.18. The van der Waals surface area contributed by atoms with Gasteiger partial charge < -0.3 is 10.5 Å². The first-order valence-corrected chi connectivity index (χ1v) is 7.47. The summed E-state index contributed by atoms with van der Waals surface area (Å²) in [6.45, 7) is 0.234. The molecule has 0 fully saturated rings. The van der Waals surface area contributed by atoms with Crippen LogP contribution in [0.3, 0.4) is 0 Å². The minimum absolute atomic E-state index is 0.227. The summed E-state index contributed by atoms with van der Waals surface area (Å²) in [7, 11) is -3.23. The molecule has 0 amide bonds. The summed E-state index contributed by atoms with van der Waals surface area (Å²) in [6, 6.07) is 9.75. The van der Waals surface area contributed by atoms with Crippen LogP contribution in [0.1, 0.15) is 5.69 Å². The van der Waals surface area contributed by atoms with Gasteiger partial charge in [-0.05, 0) is 30.3 Å². The van der Waals surface area contributed by atoms with Gasteiger partial charge in [0.2, 0.25) is 0 Å². The SMILES string of the molecule is CS(=O)(=O)c1cccc(OCc2cc(N)ccn2)c1. The fourth-order valence-electron chi connectivity index (χ4n) is 1.53. The van der Waals surface area contributed by atoms with Crippen molar-refractivity contribution in [1.29, 1.82) is 0 Å². The topological polar surface area (TPSA) is 82.3 Å². The molecule has 100 valence electrons. The lowest BCUT2D eigenvalue weighted by Gasteiger charge is -2.07. The summed E-state index contributed by atoms with van der Waals surface area (Å²) in [5, 5.41) is 0. The number of ether oxygens (including phenoxy) is 1. The molecule has 0 aliphatic heterocycles. The Morgan fingerprint density at radius 3 is 2.74 bits per heavy atom. The predicted octanol–water partition coefficient (Wildman–Crippen LogP) is 1.65. The smallest absolute Gasteiger partial charge is 0.175 e. The third-order valence-electron chi connectivity index (χ3n) is 2.46. The van der Waals surface area contributed by atoms with Crippen LogP contribution in [0.15, 0.2) is 47.5 Å². The Bertz CT molecular complexity index is 684. The number of rotatable bonds is 4. The Morgan fingerprint density at radius 1 is 1.26 bits per heavy atom. The second-order valence-corrected chi connectivity index (χ2v) is 6.13. The second kappa shape index (κ2) is 5.27. The highest BCUT2D eigenvalue weighted by molar-refractivity contribution is 7.90. The molecule has 0 saturated heterocycles. The van der Waals surface area contributed by atoms with Crippen molar-refractivity contribution in [2.45, 2.75) is 11.5 Å². The van der Waals surface area contributed by atoms with E-state index in [1.54, 1.807) is 30.5 Å². The van der Waals surface area contributed by atoms with E-state index in [-0.39, 0.29) is 11.5 Å². The number of pyridine rings is 1. The molecule has 0 bridgehead atoms. The van der Waals surface area contributed by atoms with Crippen LogP contribution < -0.4 is 10.5 Å². The minimum atomic E-state index is -3.23. The molecule has 2 rings (SSSR count). The Morgan fingerprint density at radius 2 is 2.05 bits per heavy atom. The van der Waals surface area contributed by atoms with E-state index < -0.39 is 9.84 Å². The first-order valence-electron chi connectivity index (χ1n) is 5.58. The Kier molecular flexibility index (Phi) is 3.71. The average molecular weight is 278 g/mol. The van der Waals surface area contributed by atoms with Crippen molar-refractivity contribution in [1.82, 2.24) is 4.98 Å². The van der Waals surface area contributed by atoms with E-state index in [2.05, 4.69) is 4.98 Å². The molecule has 19 heavy (non-hydrogen) atoms. The van der Waals surface area contributed by atoms with Gasteiger partial charge in [0, 0.05) is 18.1 Å². The maximum atomic E-state index is 11.4. The van der Waals surface area contributed by atoms with E-state index in [0.717, 1.165) is 6.26 Å². The number of hydrogen-bond acceptors (Lipinski definition) is 5. The quantitative estimate of drug-likeness (QED) is 0.919. The third kappa shape index (κ3) is 3.69. The molecule has 0 aliphatic carbocycles. The monoisotopic (exact) mass is 278 g/mol. The number of hydrogen-bond donors (Lipinski definition) is 1. The molecule has 0 saturated carbocycles. The van der Waals surface area contributed by atoms with Crippen LogP contribution in [0, 0.1) is 0 Å². The van der Waals surface area contributed by atoms with Crippen molar-refractivity contribution in [3.8, 4) is 5.75 Å². The van der Waals surface area contributed by atoms with Crippen molar-refractivity contribution in [3.63, 3.8) is 0 Å². The van der Waals surface area contributed by atoms with Gasteiger partial charge in [-0.2, -0.15) is 0 Å². The molecule has 0 aliphatic rings. The van der Waals surface area contributed by atoms with Gasteiger partial charge >= 0.3 is 0 Å². The molecule has 0 spiro atoms. The van der Waals surface area contributed by atoms with Gasteiger partial charge in [0.1, 0.15) is 12.4 Å². The van der Waals surface area contributed by atoms with Crippen LogP contribution in [0.5, 0.6) is 5.75 Å². The van der Waals surface area contributed by atoms with Gasteiger partial charge in [-0.1, -0.05) is 6.07 Å². The van der Waals surface area contributed by atoms with Gasteiger partial charge in [-0.15, -0.1) is 0 Å². The summed E-state index contributed by atoms with van der Waals surface area (Å²) in [4.78, 5) is 4.33. The summed E-state index contributed by atoms with van der Waals surface area (Å²) >= 11 is 0. The molecule has 0 radical (unpaired) electrons. The number of aromatic nitrogens is 1. The molecule has 1 heterocycles. The maximum absolute atomic E-state index is 11.4. The van der Waals surface area contributed by atoms with Crippen LogP contribution in [0.25, 0.3) is 0 Å². The van der Waals surface area contributed by atoms with Crippen molar-refractivity contribution >= 4 is 15.5 Å². The van der Waals surface area contributed by atoms with Gasteiger partial charge in [0.25, 0.3) is 0 Å². The first kappa shape index (κ1) is 13.4. The summed E-state index contributed by atoms with van der Waals surface area (Å²) in [6.07, 6.45) is 2.76. The Labute approximate surface area is 112 Å². The van der Waals surface area contributed by atoms with E-state index in [4.69, 9.17) is 10.5 Å². The summed E-state index contributed by atoms with van der Waals surface area (Å²) < 4.78 is 28.3. The number of sulfone groups is 1. The van der Waals surface area contributed by atoms with Crippen LogP contribution >= 0.6 is 0 Å². The van der Waals surface area contributed by atoms with Gasteiger partial charge in [-0.3, -0.25) is 4.98 Å². The van der Waals surface area contributed by atoms with Crippen LogP contribution in [-0.4, -0.2) is 19.7 Å². The number of nitrogens with zero attached hydrogens (tertiary/aromatic N) is 1. The molecule has 0 atom stereocenters. The molecule has 0 unspecified atom stereocenters. The van der Waals surface area contributed by atoms with E-state index in [0.29, 0.717) is 17.1 Å². The molecule has 1 aromatic heterocycles. The highest BCUT2D eigenvalue weighted by atomic mass is 32.2. The Balaban J connectivity index is 2.12. The zero-order valence-corrected chi connectivity index (χ0v) is 11.2. The first-order chi connectivity index (χ1) is 8.95. The highest BCUT2D eigenvalue weighted by Gasteiger charge is 2.08. The Hall–Kier alpha value is -2.08. The number of nitrogen functional groups attached to an aromatic ring is 1. The standard InChI is InChI=1S/C13H14N2O3S/c1-19(16,17)13-4-2-3-12(8-13)18-9-11-7-10(14)5-6-15-11/h2-8H,9H2,1H3,(H2,14,15).